The average molecular weight is 549 g/mol. The van der Waals surface area contributed by atoms with Crippen LogP contribution in [-0.2, 0) is 22.3 Å². The predicted octanol–water partition coefficient (Wildman–Crippen LogP) is 6.19. The van der Waals surface area contributed by atoms with E-state index >= 15 is 0 Å². The first kappa shape index (κ1) is 27.4. The lowest BCUT2D eigenvalue weighted by Crippen LogP contribution is -2.34. The Hall–Kier alpha value is -3.62. The lowest BCUT2D eigenvalue weighted by atomic mass is 10.1. The minimum absolute atomic E-state index is 0.0693. The van der Waals surface area contributed by atoms with Crippen molar-refractivity contribution >= 4 is 33.4 Å². The van der Waals surface area contributed by atoms with E-state index in [2.05, 4.69) is 5.32 Å². The number of nitrogens with zero attached hydrogens (tertiary/aromatic N) is 1. The fraction of sp³-hybridized carbons (Fsp3) is 0.167. The number of halogens is 1. The number of benzene rings is 4. The molecule has 0 aliphatic rings. The molecule has 5 nitrogen and oxygen atoms in total. The molecule has 0 bridgehead atoms. The summed E-state index contributed by atoms with van der Waals surface area (Å²) in [5.74, 6) is 0.465. The molecule has 0 aliphatic heterocycles. The highest BCUT2D eigenvalue weighted by Crippen LogP contribution is 2.29. The molecule has 0 aliphatic carbocycles. The van der Waals surface area contributed by atoms with Gasteiger partial charge in [-0.05, 0) is 48.4 Å². The molecule has 4 rings (SSSR count). The quantitative estimate of drug-likeness (QED) is 0.227. The number of rotatable bonds is 11. The zero-order valence-electron chi connectivity index (χ0n) is 21.0. The summed E-state index contributed by atoms with van der Waals surface area (Å²) in [4.78, 5) is 13.4. The molecule has 0 fully saturated rings. The third-order valence-electron chi connectivity index (χ3n) is 5.94. The van der Waals surface area contributed by atoms with E-state index < -0.39 is 10.0 Å². The number of hydrogen-bond acceptors (Lipinski definition) is 4. The van der Waals surface area contributed by atoms with Crippen LogP contribution >= 0.6 is 11.8 Å². The number of hydrogen-bond donors (Lipinski definition) is 1. The second-order valence-electron chi connectivity index (χ2n) is 8.73. The molecule has 0 atom stereocenters. The van der Waals surface area contributed by atoms with Crippen LogP contribution < -0.4 is 9.62 Å². The molecule has 1 N–H and O–H groups in total. The number of anilines is 1. The predicted molar refractivity (Wildman–Crippen MR) is 152 cm³/mol. The highest BCUT2D eigenvalue weighted by molar-refractivity contribution is 7.98. The van der Waals surface area contributed by atoms with Crippen molar-refractivity contribution < 1.29 is 17.6 Å². The summed E-state index contributed by atoms with van der Waals surface area (Å²) in [6, 6.07) is 29.3. The second-order valence-corrected chi connectivity index (χ2v) is 11.7. The van der Waals surface area contributed by atoms with Gasteiger partial charge >= 0.3 is 0 Å². The van der Waals surface area contributed by atoms with Gasteiger partial charge in [-0.2, -0.15) is 11.8 Å². The minimum atomic E-state index is -3.98. The van der Waals surface area contributed by atoms with E-state index in [1.807, 2.05) is 37.3 Å². The number of amides is 1. The molecule has 0 spiro atoms. The van der Waals surface area contributed by atoms with Gasteiger partial charge in [-0.1, -0.05) is 78.4 Å². The Balaban J connectivity index is 1.54. The molecule has 8 heteroatoms. The van der Waals surface area contributed by atoms with Gasteiger partial charge in [-0.3, -0.25) is 9.10 Å². The van der Waals surface area contributed by atoms with Gasteiger partial charge in [0.25, 0.3) is 15.9 Å². The van der Waals surface area contributed by atoms with Gasteiger partial charge in [0.1, 0.15) is 5.82 Å². The Labute approximate surface area is 227 Å². The highest BCUT2D eigenvalue weighted by Gasteiger charge is 2.28. The minimum Gasteiger partial charge on any atom is -0.351 e. The van der Waals surface area contributed by atoms with Crippen LogP contribution in [0.1, 0.15) is 27.0 Å². The first-order valence-electron chi connectivity index (χ1n) is 12.2. The standard InChI is InChI=1S/C30H29FN2O3S2/c1-23-15-17-26(18-16-23)38(35,36)33(21-24-9-3-2-4-10-24)29-14-8-6-12-27(29)30(34)32-19-20-37-22-25-11-5-7-13-28(25)31/h2-18H,19-22H2,1H3,(H,32,34). The Kier molecular flexibility index (Phi) is 9.20. The average Bonchev–Trinajstić information content (AvgIpc) is 2.93. The van der Waals surface area contributed by atoms with Gasteiger partial charge in [0.2, 0.25) is 0 Å². The normalized spacial score (nSPS) is 11.2. The van der Waals surface area contributed by atoms with Crippen molar-refractivity contribution in [1.82, 2.24) is 5.32 Å². The Morgan fingerprint density at radius 1 is 0.868 bits per heavy atom. The first-order valence-corrected chi connectivity index (χ1v) is 14.8. The Morgan fingerprint density at radius 3 is 2.26 bits per heavy atom. The molecule has 4 aromatic rings. The summed E-state index contributed by atoms with van der Waals surface area (Å²) >= 11 is 1.51. The number of nitrogens with one attached hydrogen (secondary N) is 1. The first-order chi connectivity index (χ1) is 18.4. The van der Waals surface area contributed by atoms with Crippen LogP contribution in [0.4, 0.5) is 10.1 Å². The van der Waals surface area contributed by atoms with Crippen molar-refractivity contribution in [3.63, 3.8) is 0 Å². The zero-order valence-corrected chi connectivity index (χ0v) is 22.6. The number of carbonyl (C=O) groups excluding carboxylic acids is 1. The molecule has 1 amide bonds. The van der Waals surface area contributed by atoms with E-state index in [9.17, 15) is 17.6 Å². The molecule has 0 radical (unpaired) electrons. The van der Waals surface area contributed by atoms with Crippen molar-refractivity contribution in [3.8, 4) is 0 Å². The maximum atomic E-state index is 13.8. The van der Waals surface area contributed by atoms with E-state index in [4.69, 9.17) is 0 Å². The van der Waals surface area contributed by atoms with Crippen molar-refractivity contribution in [2.75, 3.05) is 16.6 Å². The van der Waals surface area contributed by atoms with Gasteiger partial charge in [0.15, 0.2) is 0 Å². The van der Waals surface area contributed by atoms with Gasteiger partial charge < -0.3 is 5.32 Å². The van der Waals surface area contributed by atoms with Crippen molar-refractivity contribution in [2.24, 2.45) is 0 Å². The number of para-hydroxylation sites is 1. The molecule has 196 valence electrons. The number of thioether (sulfide) groups is 1. The van der Waals surface area contributed by atoms with Crippen LogP contribution in [0.3, 0.4) is 0 Å². The van der Waals surface area contributed by atoms with Crippen molar-refractivity contribution in [1.29, 1.82) is 0 Å². The summed E-state index contributed by atoms with van der Waals surface area (Å²) in [7, 11) is -3.98. The Morgan fingerprint density at radius 2 is 1.53 bits per heavy atom. The van der Waals surface area contributed by atoms with Crippen LogP contribution in [-0.4, -0.2) is 26.6 Å². The molecule has 0 saturated carbocycles. The molecular weight excluding hydrogens is 519 g/mol. The maximum Gasteiger partial charge on any atom is 0.264 e. The number of aryl methyl sites for hydroxylation is 1. The van der Waals surface area contributed by atoms with Gasteiger partial charge in [0, 0.05) is 18.1 Å². The van der Waals surface area contributed by atoms with Crippen LogP contribution in [0.2, 0.25) is 0 Å². The topological polar surface area (TPSA) is 66.5 Å². The molecule has 0 aromatic heterocycles. The second kappa shape index (κ2) is 12.8. The third kappa shape index (κ3) is 6.82. The molecular formula is C30H29FN2O3S2. The van der Waals surface area contributed by atoms with Crippen molar-refractivity contribution in [3.05, 3.63) is 131 Å². The van der Waals surface area contributed by atoms with Crippen LogP contribution in [0.15, 0.2) is 108 Å². The molecule has 4 aromatic carbocycles. The molecule has 0 saturated heterocycles. The maximum absolute atomic E-state index is 13.8. The SMILES string of the molecule is Cc1ccc(S(=O)(=O)N(Cc2ccccc2)c2ccccc2C(=O)NCCSCc2ccccc2F)cc1. The summed E-state index contributed by atoms with van der Waals surface area (Å²) in [6.07, 6.45) is 0. The van der Waals surface area contributed by atoms with Crippen LogP contribution in [0.5, 0.6) is 0 Å². The van der Waals surface area contributed by atoms with Crippen LogP contribution in [0, 0.1) is 12.7 Å². The fourth-order valence-corrected chi connectivity index (χ4v) is 6.22. The summed E-state index contributed by atoms with van der Waals surface area (Å²) in [5, 5.41) is 2.88. The summed E-state index contributed by atoms with van der Waals surface area (Å²) < 4.78 is 42.8. The Bertz CT molecular complexity index is 1480. The monoisotopic (exact) mass is 548 g/mol. The third-order valence-corrected chi connectivity index (χ3v) is 8.72. The fourth-order valence-electron chi connectivity index (χ4n) is 3.90. The lowest BCUT2D eigenvalue weighted by molar-refractivity contribution is 0.0957. The van der Waals surface area contributed by atoms with Gasteiger partial charge in [-0.15, -0.1) is 0 Å². The van der Waals surface area contributed by atoms with Crippen LogP contribution in [0.25, 0.3) is 0 Å². The highest BCUT2D eigenvalue weighted by atomic mass is 32.2. The van der Waals surface area contributed by atoms with E-state index in [0.29, 0.717) is 29.3 Å². The lowest BCUT2D eigenvalue weighted by Gasteiger charge is -2.26. The van der Waals surface area contributed by atoms with E-state index in [0.717, 1.165) is 11.1 Å². The van der Waals surface area contributed by atoms with Crippen molar-refractivity contribution in [2.45, 2.75) is 24.1 Å². The molecule has 0 heterocycles. The summed E-state index contributed by atoms with van der Waals surface area (Å²) in [5.41, 5.74) is 2.92. The van der Waals surface area contributed by atoms with Gasteiger partial charge in [0.05, 0.1) is 22.7 Å². The smallest absolute Gasteiger partial charge is 0.264 e. The largest absolute Gasteiger partial charge is 0.351 e. The number of carbonyl (C=O) groups is 1. The number of sulfonamides is 1. The van der Waals surface area contributed by atoms with E-state index in [1.165, 1.54) is 22.1 Å². The van der Waals surface area contributed by atoms with Gasteiger partial charge in [-0.25, -0.2) is 12.8 Å². The van der Waals surface area contributed by atoms with E-state index in [-0.39, 0.29) is 28.7 Å². The molecule has 38 heavy (non-hydrogen) atoms. The summed E-state index contributed by atoms with van der Waals surface area (Å²) in [6.45, 7) is 2.32. The zero-order chi connectivity index (χ0) is 27.0. The van der Waals surface area contributed by atoms with E-state index in [1.54, 1.807) is 66.7 Å². The molecule has 0 unspecified atom stereocenters.